The lowest BCUT2D eigenvalue weighted by molar-refractivity contribution is -0.140. The van der Waals surface area contributed by atoms with Gasteiger partial charge in [-0.2, -0.15) is 0 Å². The van der Waals surface area contributed by atoms with Gasteiger partial charge in [0.05, 0.1) is 18.2 Å². The number of fused-ring (bicyclic) bond motifs is 5. The smallest absolute Gasteiger partial charge is 0.233 e. The number of amides is 2. The molecule has 1 aromatic heterocycles. The number of hydrogen-bond donors (Lipinski definition) is 2. The zero-order chi connectivity index (χ0) is 19.5. The molecule has 4 atom stereocenters. The van der Waals surface area contributed by atoms with E-state index in [-0.39, 0.29) is 35.5 Å². The molecule has 2 fully saturated rings. The SMILES string of the molecule is CCNC(=NCCCn1ccnc1)NCCN1C(=O)C2C3C=CC(C3)C2C1=O. The highest BCUT2D eigenvalue weighted by molar-refractivity contribution is 6.06. The summed E-state index contributed by atoms with van der Waals surface area (Å²) in [4.78, 5) is 35.5. The number of imidazole rings is 1. The minimum atomic E-state index is -0.118. The molecular formula is C20H28N6O2. The summed E-state index contributed by atoms with van der Waals surface area (Å²) in [6.45, 7) is 5.23. The molecule has 2 bridgehead atoms. The molecule has 8 heteroatoms. The first-order chi connectivity index (χ1) is 13.7. The van der Waals surface area contributed by atoms with E-state index in [1.165, 1.54) is 4.90 Å². The highest BCUT2D eigenvalue weighted by Gasteiger charge is 2.58. The van der Waals surface area contributed by atoms with Crippen LogP contribution in [0.15, 0.2) is 35.9 Å². The normalized spacial score (nSPS) is 28.3. The topological polar surface area (TPSA) is 91.6 Å². The van der Waals surface area contributed by atoms with Crippen molar-refractivity contribution in [1.29, 1.82) is 0 Å². The van der Waals surface area contributed by atoms with E-state index in [1.807, 2.05) is 17.7 Å². The molecule has 1 aliphatic heterocycles. The van der Waals surface area contributed by atoms with Gasteiger partial charge in [-0.25, -0.2) is 4.98 Å². The Morgan fingerprint density at radius 2 is 1.93 bits per heavy atom. The second kappa shape index (κ2) is 8.16. The number of aliphatic imine (C=N–C) groups is 1. The molecule has 4 unspecified atom stereocenters. The number of carbonyl (C=O) groups excluding carboxylic acids is 2. The highest BCUT2D eigenvalue weighted by atomic mass is 16.2. The number of aromatic nitrogens is 2. The Hall–Kier alpha value is -2.64. The molecule has 2 heterocycles. The number of aryl methyl sites for hydroxylation is 1. The first-order valence-corrected chi connectivity index (χ1v) is 10.2. The molecule has 0 aromatic carbocycles. The van der Waals surface area contributed by atoms with Gasteiger partial charge in [0, 0.05) is 45.1 Å². The summed E-state index contributed by atoms with van der Waals surface area (Å²) in [7, 11) is 0. The summed E-state index contributed by atoms with van der Waals surface area (Å²) in [5.74, 6) is 1.03. The van der Waals surface area contributed by atoms with Crippen molar-refractivity contribution in [2.45, 2.75) is 26.3 Å². The molecule has 2 N–H and O–H groups in total. The van der Waals surface area contributed by atoms with Crippen molar-refractivity contribution in [3.63, 3.8) is 0 Å². The van der Waals surface area contributed by atoms with E-state index in [2.05, 4.69) is 32.8 Å². The fraction of sp³-hybridized carbons (Fsp3) is 0.600. The van der Waals surface area contributed by atoms with Crippen LogP contribution in [-0.4, -0.2) is 58.4 Å². The van der Waals surface area contributed by atoms with Gasteiger partial charge in [-0.1, -0.05) is 12.2 Å². The van der Waals surface area contributed by atoms with Gasteiger partial charge in [0.2, 0.25) is 11.8 Å². The first-order valence-electron chi connectivity index (χ1n) is 10.2. The van der Waals surface area contributed by atoms with E-state index in [4.69, 9.17) is 0 Å². The van der Waals surface area contributed by atoms with Gasteiger partial charge in [-0.05, 0) is 31.6 Å². The fourth-order valence-electron chi connectivity index (χ4n) is 4.68. The van der Waals surface area contributed by atoms with Gasteiger partial charge in [-0.15, -0.1) is 0 Å². The van der Waals surface area contributed by atoms with Crippen molar-refractivity contribution >= 4 is 17.8 Å². The van der Waals surface area contributed by atoms with E-state index in [1.54, 1.807) is 12.5 Å². The molecule has 4 rings (SSSR count). The third-order valence-electron chi connectivity index (χ3n) is 5.94. The first kappa shape index (κ1) is 18.7. The average Bonchev–Trinajstić information content (AvgIpc) is 3.46. The lowest BCUT2D eigenvalue weighted by Gasteiger charge is -2.18. The lowest BCUT2D eigenvalue weighted by Crippen LogP contribution is -2.43. The molecule has 0 radical (unpaired) electrons. The number of rotatable bonds is 8. The van der Waals surface area contributed by atoms with E-state index in [0.29, 0.717) is 25.6 Å². The van der Waals surface area contributed by atoms with Crippen molar-refractivity contribution in [2.75, 3.05) is 26.2 Å². The Morgan fingerprint density at radius 3 is 2.57 bits per heavy atom. The van der Waals surface area contributed by atoms with Gasteiger partial charge >= 0.3 is 0 Å². The number of carbonyl (C=O) groups is 2. The summed E-state index contributed by atoms with van der Waals surface area (Å²) in [6.07, 6.45) is 11.6. The minimum absolute atomic E-state index is 0.0101. The summed E-state index contributed by atoms with van der Waals surface area (Å²) in [5, 5.41) is 6.45. The maximum atomic E-state index is 12.7. The van der Waals surface area contributed by atoms with E-state index in [0.717, 1.165) is 25.9 Å². The van der Waals surface area contributed by atoms with Gasteiger partial charge in [0.25, 0.3) is 0 Å². The number of nitrogens with zero attached hydrogens (tertiary/aromatic N) is 4. The van der Waals surface area contributed by atoms with Gasteiger partial charge in [0.15, 0.2) is 5.96 Å². The zero-order valence-electron chi connectivity index (χ0n) is 16.3. The molecule has 28 heavy (non-hydrogen) atoms. The number of likely N-dealkylation sites (tertiary alicyclic amines) is 1. The number of guanidine groups is 1. The molecule has 1 saturated carbocycles. The molecule has 3 aliphatic rings. The monoisotopic (exact) mass is 384 g/mol. The fourth-order valence-corrected chi connectivity index (χ4v) is 4.68. The Balaban J connectivity index is 1.25. The van der Waals surface area contributed by atoms with Crippen LogP contribution in [0.25, 0.3) is 0 Å². The van der Waals surface area contributed by atoms with Crippen LogP contribution in [-0.2, 0) is 16.1 Å². The van der Waals surface area contributed by atoms with Crippen LogP contribution >= 0.6 is 0 Å². The Labute approximate surface area is 165 Å². The van der Waals surface area contributed by atoms with E-state index in [9.17, 15) is 9.59 Å². The van der Waals surface area contributed by atoms with Crippen molar-refractivity contribution in [3.8, 4) is 0 Å². The molecule has 2 amide bonds. The van der Waals surface area contributed by atoms with Crippen LogP contribution in [0.2, 0.25) is 0 Å². The zero-order valence-corrected chi connectivity index (χ0v) is 16.3. The lowest BCUT2D eigenvalue weighted by atomic mass is 9.85. The predicted octanol–water partition coefficient (Wildman–Crippen LogP) is 0.635. The minimum Gasteiger partial charge on any atom is -0.357 e. The van der Waals surface area contributed by atoms with Crippen LogP contribution in [0.3, 0.4) is 0 Å². The number of nitrogens with one attached hydrogen (secondary N) is 2. The van der Waals surface area contributed by atoms with Crippen molar-refractivity contribution in [1.82, 2.24) is 25.1 Å². The molecule has 2 aliphatic carbocycles. The largest absolute Gasteiger partial charge is 0.357 e. The van der Waals surface area contributed by atoms with Crippen LogP contribution in [0, 0.1) is 23.7 Å². The molecular weight excluding hydrogens is 356 g/mol. The number of imide groups is 1. The Kier molecular flexibility index (Phi) is 5.45. The summed E-state index contributed by atoms with van der Waals surface area (Å²) < 4.78 is 2.03. The molecule has 150 valence electrons. The Morgan fingerprint density at radius 1 is 1.18 bits per heavy atom. The second-order valence-electron chi connectivity index (χ2n) is 7.67. The van der Waals surface area contributed by atoms with E-state index < -0.39 is 0 Å². The molecule has 1 aromatic rings. The van der Waals surface area contributed by atoms with Crippen LogP contribution in [0.4, 0.5) is 0 Å². The predicted molar refractivity (Wildman–Crippen MR) is 105 cm³/mol. The quantitative estimate of drug-likeness (QED) is 0.226. The number of hydrogen-bond acceptors (Lipinski definition) is 4. The molecule has 1 saturated heterocycles. The van der Waals surface area contributed by atoms with Crippen LogP contribution < -0.4 is 10.6 Å². The van der Waals surface area contributed by atoms with Crippen molar-refractivity contribution in [2.24, 2.45) is 28.7 Å². The van der Waals surface area contributed by atoms with Crippen LogP contribution in [0.1, 0.15) is 19.8 Å². The van der Waals surface area contributed by atoms with Gasteiger partial charge in [-0.3, -0.25) is 19.5 Å². The van der Waals surface area contributed by atoms with Gasteiger partial charge in [0.1, 0.15) is 0 Å². The summed E-state index contributed by atoms with van der Waals surface area (Å²) in [6, 6.07) is 0. The maximum absolute atomic E-state index is 12.7. The third kappa shape index (κ3) is 3.55. The molecule has 8 nitrogen and oxygen atoms in total. The van der Waals surface area contributed by atoms with Crippen molar-refractivity contribution < 1.29 is 9.59 Å². The second-order valence-corrected chi connectivity index (χ2v) is 7.67. The molecule has 0 spiro atoms. The van der Waals surface area contributed by atoms with Crippen molar-refractivity contribution in [3.05, 3.63) is 30.9 Å². The maximum Gasteiger partial charge on any atom is 0.233 e. The van der Waals surface area contributed by atoms with Crippen LogP contribution in [0.5, 0.6) is 0 Å². The highest BCUT2D eigenvalue weighted by Crippen LogP contribution is 2.52. The standard InChI is InChI=1S/C20H28N6O2/c1-2-22-20(23-6-3-9-25-10-7-21-13-25)24-8-11-26-18(27)16-14-4-5-15(12-14)17(16)19(26)28/h4-5,7,10,13-17H,2-3,6,8-9,11-12H2,1H3,(H2,22,23,24). The third-order valence-corrected chi connectivity index (χ3v) is 5.94. The Bertz CT molecular complexity index is 742. The van der Waals surface area contributed by atoms with E-state index >= 15 is 0 Å². The summed E-state index contributed by atoms with van der Waals surface area (Å²) in [5.41, 5.74) is 0. The number of allylic oxidation sites excluding steroid dienone is 2. The van der Waals surface area contributed by atoms with Gasteiger partial charge < -0.3 is 15.2 Å². The summed E-state index contributed by atoms with van der Waals surface area (Å²) >= 11 is 0. The average molecular weight is 384 g/mol.